The van der Waals surface area contributed by atoms with Crippen LogP contribution in [0.5, 0.6) is 0 Å². The summed E-state index contributed by atoms with van der Waals surface area (Å²) in [7, 11) is 0. The fourth-order valence-electron chi connectivity index (χ4n) is 1.93. The number of hydrogen-bond donors (Lipinski definition) is 1. The van der Waals surface area contributed by atoms with Crippen LogP contribution in [0.2, 0.25) is 0 Å². The number of benzene rings is 2. The smallest absolute Gasteiger partial charge is 0.182 e. The lowest BCUT2D eigenvalue weighted by atomic mass is 10.3. The van der Waals surface area contributed by atoms with Crippen LogP contribution in [0, 0.1) is 14.2 Å². The molecule has 2 nitrogen and oxygen atoms in total. The first-order chi connectivity index (χ1) is 8.65. The van der Waals surface area contributed by atoms with Crippen molar-refractivity contribution < 1.29 is 4.39 Å². The normalized spacial score (nSPS) is 11.0. The van der Waals surface area contributed by atoms with Gasteiger partial charge in [-0.15, -0.1) is 0 Å². The number of aromatic amines is 1. The van der Waals surface area contributed by atoms with Gasteiger partial charge in [-0.05, 0) is 77.3 Å². The average molecular weight is 370 g/mol. The van der Waals surface area contributed by atoms with E-state index < -0.39 is 0 Å². The molecule has 2 aromatic carbocycles. The third-order valence-electron chi connectivity index (χ3n) is 2.73. The number of hydrogen-bond acceptors (Lipinski definition) is 1. The van der Waals surface area contributed by atoms with Gasteiger partial charge in [-0.3, -0.25) is 4.57 Å². The lowest BCUT2D eigenvalue weighted by molar-refractivity contribution is 0.627. The molecule has 3 aromatic rings. The SMILES string of the molecule is Fc1ccc(-n2c(=S)[nH]c3cc(I)ccc32)cc1. The standard InChI is InChI=1S/C13H8FIN2S/c14-8-1-4-10(5-2-8)17-12-6-3-9(15)7-11(12)16-13(17)18/h1-7H,(H,16,18). The highest BCUT2D eigenvalue weighted by Crippen LogP contribution is 2.21. The van der Waals surface area contributed by atoms with Crippen LogP contribution < -0.4 is 0 Å². The van der Waals surface area contributed by atoms with Gasteiger partial charge in [0.25, 0.3) is 0 Å². The van der Waals surface area contributed by atoms with Gasteiger partial charge in [-0.2, -0.15) is 0 Å². The zero-order chi connectivity index (χ0) is 12.7. The van der Waals surface area contributed by atoms with E-state index in [1.54, 1.807) is 12.1 Å². The van der Waals surface area contributed by atoms with Crippen LogP contribution in [-0.2, 0) is 0 Å². The number of halogens is 2. The molecule has 90 valence electrons. The van der Waals surface area contributed by atoms with Crippen molar-refractivity contribution in [2.24, 2.45) is 0 Å². The maximum absolute atomic E-state index is 13.0. The summed E-state index contributed by atoms with van der Waals surface area (Å²) in [5.74, 6) is -0.250. The summed E-state index contributed by atoms with van der Waals surface area (Å²) in [4.78, 5) is 3.16. The van der Waals surface area contributed by atoms with Gasteiger partial charge < -0.3 is 4.98 Å². The monoisotopic (exact) mass is 370 g/mol. The Labute approximate surface area is 122 Å². The molecule has 1 aromatic heterocycles. The van der Waals surface area contributed by atoms with Crippen molar-refractivity contribution in [1.82, 2.24) is 9.55 Å². The first-order valence-electron chi connectivity index (χ1n) is 5.31. The second-order valence-electron chi connectivity index (χ2n) is 3.90. The maximum Gasteiger partial charge on any atom is 0.182 e. The Morgan fingerprint density at radius 3 is 2.56 bits per heavy atom. The Hall–Kier alpha value is -1.21. The summed E-state index contributed by atoms with van der Waals surface area (Å²) in [5.41, 5.74) is 2.83. The molecule has 0 fully saturated rings. The van der Waals surface area contributed by atoms with E-state index in [1.807, 2.05) is 22.8 Å². The van der Waals surface area contributed by atoms with Crippen molar-refractivity contribution in [3.8, 4) is 5.69 Å². The van der Waals surface area contributed by atoms with E-state index in [4.69, 9.17) is 12.2 Å². The van der Waals surface area contributed by atoms with Gasteiger partial charge >= 0.3 is 0 Å². The maximum atomic E-state index is 13.0. The van der Waals surface area contributed by atoms with Crippen LogP contribution in [0.4, 0.5) is 4.39 Å². The Bertz CT molecular complexity index is 774. The van der Waals surface area contributed by atoms with Gasteiger partial charge in [0.15, 0.2) is 4.77 Å². The van der Waals surface area contributed by atoms with E-state index in [0.717, 1.165) is 20.3 Å². The molecule has 0 aliphatic carbocycles. The number of aromatic nitrogens is 2. The number of H-pyrrole nitrogens is 1. The number of nitrogens with one attached hydrogen (secondary N) is 1. The zero-order valence-electron chi connectivity index (χ0n) is 9.15. The molecule has 1 heterocycles. The molecule has 0 amide bonds. The van der Waals surface area contributed by atoms with Gasteiger partial charge in [0.2, 0.25) is 0 Å². The minimum atomic E-state index is -0.250. The summed E-state index contributed by atoms with van der Waals surface area (Å²) in [6, 6.07) is 12.4. The number of fused-ring (bicyclic) bond motifs is 1. The van der Waals surface area contributed by atoms with Crippen molar-refractivity contribution in [1.29, 1.82) is 0 Å². The first-order valence-corrected chi connectivity index (χ1v) is 6.80. The van der Waals surface area contributed by atoms with E-state index in [0.29, 0.717) is 4.77 Å². The minimum absolute atomic E-state index is 0.250. The van der Waals surface area contributed by atoms with Crippen molar-refractivity contribution in [3.05, 3.63) is 56.6 Å². The van der Waals surface area contributed by atoms with Gasteiger partial charge in [0, 0.05) is 9.26 Å². The lowest BCUT2D eigenvalue weighted by Crippen LogP contribution is -1.93. The predicted octanol–water partition coefficient (Wildman–Crippen LogP) is 4.43. The molecule has 0 bridgehead atoms. The molecular weight excluding hydrogens is 362 g/mol. The van der Waals surface area contributed by atoms with Gasteiger partial charge in [0.1, 0.15) is 5.82 Å². The highest BCUT2D eigenvalue weighted by atomic mass is 127. The molecule has 1 N–H and O–H groups in total. The van der Waals surface area contributed by atoms with Gasteiger partial charge in [0.05, 0.1) is 11.0 Å². The third-order valence-corrected chi connectivity index (χ3v) is 3.68. The third kappa shape index (κ3) is 1.97. The fraction of sp³-hybridized carbons (Fsp3) is 0. The van der Waals surface area contributed by atoms with E-state index in [2.05, 4.69) is 27.6 Å². The molecule has 0 spiro atoms. The summed E-state index contributed by atoms with van der Waals surface area (Å²) in [6.07, 6.45) is 0. The largest absolute Gasteiger partial charge is 0.330 e. The Morgan fingerprint density at radius 2 is 1.83 bits per heavy atom. The average Bonchev–Trinajstić information content (AvgIpc) is 2.65. The highest BCUT2D eigenvalue weighted by Gasteiger charge is 2.06. The topological polar surface area (TPSA) is 20.7 Å². The Morgan fingerprint density at radius 1 is 1.11 bits per heavy atom. The van der Waals surface area contributed by atoms with Crippen LogP contribution in [0.15, 0.2) is 42.5 Å². The molecule has 0 saturated carbocycles. The van der Waals surface area contributed by atoms with E-state index in [1.165, 1.54) is 12.1 Å². The molecule has 18 heavy (non-hydrogen) atoms. The van der Waals surface area contributed by atoms with E-state index in [-0.39, 0.29) is 5.82 Å². The van der Waals surface area contributed by atoms with Crippen molar-refractivity contribution in [3.63, 3.8) is 0 Å². The van der Waals surface area contributed by atoms with Crippen LogP contribution in [0.3, 0.4) is 0 Å². The summed E-state index contributed by atoms with van der Waals surface area (Å²) in [6.45, 7) is 0. The van der Waals surface area contributed by atoms with Crippen LogP contribution in [0.1, 0.15) is 0 Å². The minimum Gasteiger partial charge on any atom is -0.330 e. The molecule has 0 radical (unpaired) electrons. The number of imidazole rings is 1. The number of nitrogens with zero attached hydrogens (tertiary/aromatic N) is 1. The first kappa shape index (κ1) is 11.9. The number of rotatable bonds is 1. The second-order valence-corrected chi connectivity index (χ2v) is 5.54. The second kappa shape index (κ2) is 4.47. The van der Waals surface area contributed by atoms with Crippen molar-refractivity contribution in [2.75, 3.05) is 0 Å². The molecule has 5 heteroatoms. The summed E-state index contributed by atoms with van der Waals surface area (Å²) < 4.78 is 16.6. The molecule has 3 rings (SSSR count). The highest BCUT2D eigenvalue weighted by molar-refractivity contribution is 14.1. The fourth-order valence-corrected chi connectivity index (χ4v) is 2.74. The van der Waals surface area contributed by atoms with Gasteiger partial charge in [-0.25, -0.2) is 4.39 Å². The molecule has 0 atom stereocenters. The van der Waals surface area contributed by atoms with Gasteiger partial charge in [-0.1, -0.05) is 0 Å². The van der Waals surface area contributed by atoms with Crippen LogP contribution in [0.25, 0.3) is 16.7 Å². The van der Waals surface area contributed by atoms with Crippen LogP contribution in [-0.4, -0.2) is 9.55 Å². The molecule has 0 unspecified atom stereocenters. The Kier molecular flexibility index (Phi) is 2.95. The molecular formula is C13H8FIN2S. The quantitative estimate of drug-likeness (QED) is 0.497. The zero-order valence-corrected chi connectivity index (χ0v) is 12.1. The molecule has 0 aliphatic rings. The van der Waals surface area contributed by atoms with Crippen molar-refractivity contribution >= 4 is 45.8 Å². The Balaban J connectivity index is 2.32. The predicted molar refractivity (Wildman–Crippen MR) is 81.1 cm³/mol. The molecule has 0 saturated heterocycles. The summed E-state index contributed by atoms with van der Waals surface area (Å²) >= 11 is 7.58. The summed E-state index contributed by atoms with van der Waals surface area (Å²) in [5, 5.41) is 0. The lowest BCUT2D eigenvalue weighted by Gasteiger charge is -2.04. The molecule has 0 aliphatic heterocycles. The van der Waals surface area contributed by atoms with Crippen LogP contribution >= 0.6 is 34.8 Å². The van der Waals surface area contributed by atoms with E-state index in [9.17, 15) is 4.39 Å². The van der Waals surface area contributed by atoms with E-state index >= 15 is 0 Å². The van der Waals surface area contributed by atoms with Crippen molar-refractivity contribution in [2.45, 2.75) is 0 Å².